The van der Waals surface area contributed by atoms with Gasteiger partial charge in [-0.1, -0.05) is 0 Å². The van der Waals surface area contributed by atoms with Crippen LogP contribution in [0.3, 0.4) is 0 Å². The summed E-state index contributed by atoms with van der Waals surface area (Å²) in [5, 5.41) is 18.5. The van der Waals surface area contributed by atoms with E-state index in [4.69, 9.17) is 9.84 Å². The van der Waals surface area contributed by atoms with Gasteiger partial charge in [0.05, 0.1) is 18.3 Å². The van der Waals surface area contributed by atoms with Crippen LogP contribution in [0.5, 0.6) is 0 Å². The first-order valence-corrected chi connectivity index (χ1v) is 5.05. The molecule has 0 aromatic carbocycles. The van der Waals surface area contributed by atoms with Gasteiger partial charge in [-0.25, -0.2) is 9.59 Å². The fourth-order valence-electron chi connectivity index (χ4n) is 1.68. The SMILES string of the molecule is CCOC(=O)C1=C(C)N(C(=O)O)CCC1O. The smallest absolute Gasteiger partial charge is 0.411 e. The number of carbonyl (C=O) groups excluding carboxylic acids is 1. The van der Waals surface area contributed by atoms with E-state index in [0.29, 0.717) is 0 Å². The molecular formula is C10H15NO5. The summed E-state index contributed by atoms with van der Waals surface area (Å²) >= 11 is 0. The molecule has 90 valence electrons. The van der Waals surface area contributed by atoms with Gasteiger partial charge in [0, 0.05) is 12.2 Å². The Balaban J connectivity index is 3.03. The highest BCUT2D eigenvalue weighted by atomic mass is 16.5. The van der Waals surface area contributed by atoms with E-state index in [1.165, 1.54) is 6.92 Å². The third-order valence-corrected chi connectivity index (χ3v) is 2.48. The average molecular weight is 229 g/mol. The monoisotopic (exact) mass is 229 g/mol. The van der Waals surface area contributed by atoms with Crippen LogP contribution >= 0.6 is 0 Å². The van der Waals surface area contributed by atoms with Crippen LogP contribution in [0.15, 0.2) is 11.3 Å². The van der Waals surface area contributed by atoms with E-state index in [-0.39, 0.29) is 30.8 Å². The quantitative estimate of drug-likeness (QED) is 0.676. The normalized spacial score (nSPS) is 20.9. The summed E-state index contributed by atoms with van der Waals surface area (Å²) in [4.78, 5) is 23.4. The zero-order valence-electron chi connectivity index (χ0n) is 9.27. The number of ether oxygens (including phenoxy) is 1. The summed E-state index contributed by atoms with van der Waals surface area (Å²) in [6, 6.07) is 0. The molecular weight excluding hydrogens is 214 g/mol. The number of hydrogen-bond donors (Lipinski definition) is 2. The molecule has 1 aliphatic heterocycles. The molecule has 0 saturated carbocycles. The Morgan fingerprint density at radius 2 is 2.19 bits per heavy atom. The maximum Gasteiger partial charge on any atom is 0.411 e. The molecule has 16 heavy (non-hydrogen) atoms. The summed E-state index contributed by atoms with van der Waals surface area (Å²) < 4.78 is 4.77. The summed E-state index contributed by atoms with van der Waals surface area (Å²) in [6.45, 7) is 3.52. The Morgan fingerprint density at radius 3 is 2.69 bits per heavy atom. The third kappa shape index (κ3) is 2.33. The number of aliphatic hydroxyl groups excluding tert-OH is 1. The Labute approximate surface area is 93.1 Å². The van der Waals surface area contributed by atoms with Crippen LogP contribution in [-0.4, -0.2) is 46.4 Å². The molecule has 6 nitrogen and oxygen atoms in total. The lowest BCUT2D eigenvalue weighted by atomic mass is 10.00. The van der Waals surface area contributed by atoms with Gasteiger partial charge in [-0.3, -0.25) is 4.90 Å². The minimum Gasteiger partial charge on any atom is -0.465 e. The van der Waals surface area contributed by atoms with Crippen molar-refractivity contribution in [3.8, 4) is 0 Å². The van der Waals surface area contributed by atoms with Gasteiger partial charge >= 0.3 is 12.1 Å². The van der Waals surface area contributed by atoms with E-state index in [1.54, 1.807) is 6.92 Å². The highest BCUT2D eigenvalue weighted by molar-refractivity contribution is 5.91. The molecule has 0 fully saturated rings. The molecule has 0 bridgehead atoms. The maximum atomic E-state index is 11.5. The molecule has 0 radical (unpaired) electrons. The van der Waals surface area contributed by atoms with Crippen LogP contribution in [0.4, 0.5) is 4.79 Å². The van der Waals surface area contributed by atoms with Crippen LogP contribution in [0.2, 0.25) is 0 Å². The lowest BCUT2D eigenvalue weighted by Crippen LogP contribution is -2.39. The van der Waals surface area contributed by atoms with E-state index in [0.717, 1.165) is 4.90 Å². The second kappa shape index (κ2) is 4.98. The van der Waals surface area contributed by atoms with E-state index >= 15 is 0 Å². The molecule has 0 aromatic heterocycles. The topological polar surface area (TPSA) is 87.1 Å². The molecule has 1 heterocycles. The molecule has 1 rings (SSSR count). The van der Waals surface area contributed by atoms with Gasteiger partial charge in [0.25, 0.3) is 0 Å². The standard InChI is InChI=1S/C10H15NO5/c1-3-16-9(13)8-6(2)11(10(14)15)5-4-7(8)12/h7,12H,3-5H2,1-2H3,(H,14,15). The molecule has 1 unspecified atom stereocenters. The van der Waals surface area contributed by atoms with Gasteiger partial charge < -0.3 is 14.9 Å². The lowest BCUT2D eigenvalue weighted by molar-refractivity contribution is -0.140. The molecule has 1 atom stereocenters. The first-order valence-electron chi connectivity index (χ1n) is 5.05. The number of aliphatic hydroxyl groups is 1. The molecule has 1 aliphatic rings. The largest absolute Gasteiger partial charge is 0.465 e. The Kier molecular flexibility index (Phi) is 3.89. The lowest BCUT2D eigenvalue weighted by Gasteiger charge is -2.30. The molecule has 1 amide bonds. The molecule has 0 spiro atoms. The number of rotatable bonds is 2. The van der Waals surface area contributed by atoms with E-state index in [9.17, 15) is 14.7 Å². The van der Waals surface area contributed by atoms with Crippen LogP contribution in [0.25, 0.3) is 0 Å². The van der Waals surface area contributed by atoms with E-state index < -0.39 is 18.2 Å². The zero-order valence-corrected chi connectivity index (χ0v) is 9.27. The number of amides is 1. The van der Waals surface area contributed by atoms with Crippen LogP contribution in [0, 0.1) is 0 Å². The van der Waals surface area contributed by atoms with Crippen molar-refractivity contribution in [2.45, 2.75) is 26.4 Å². The van der Waals surface area contributed by atoms with Gasteiger partial charge in [0.1, 0.15) is 0 Å². The van der Waals surface area contributed by atoms with Crippen LogP contribution in [-0.2, 0) is 9.53 Å². The fourth-order valence-corrected chi connectivity index (χ4v) is 1.68. The summed E-state index contributed by atoms with van der Waals surface area (Å²) in [6.07, 6.45) is -1.88. The van der Waals surface area contributed by atoms with E-state index in [2.05, 4.69) is 0 Å². The molecule has 0 saturated heterocycles. The van der Waals surface area contributed by atoms with Gasteiger partial charge in [-0.2, -0.15) is 0 Å². The molecule has 0 aromatic rings. The Hall–Kier alpha value is -1.56. The van der Waals surface area contributed by atoms with Crippen molar-refractivity contribution in [2.24, 2.45) is 0 Å². The predicted octanol–water partition coefficient (Wildman–Crippen LogP) is 0.568. The van der Waals surface area contributed by atoms with Crippen molar-refractivity contribution in [3.63, 3.8) is 0 Å². The fraction of sp³-hybridized carbons (Fsp3) is 0.600. The number of esters is 1. The average Bonchev–Trinajstić information content (AvgIpc) is 2.17. The van der Waals surface area contributed by atoms with Crippen molar-refractivity contribution in [3.05, 3.63) is 11.3 Å². The first kappa shape index (κ1) is 12.5. The summed E-state index contributed by atoms with van der Waals surface area (Å²) in [5.41, 5.74) is 0.278. The number of carbonyl (C=O) groups is 2. The number of hydrogen-bond acceptors (Lipinski definition) is 4. The van der Waals surface area contributed by atoms with Crippen LogP contribution in [0.1, 0.15) is 20.3 Å². The molecule has 0 aliphatic carbocycles. The van der Waals surface area contributed by atoms with Gasteiger partial charge in [-0.05, 0) is 20.3 Å². The highest BCUT2D eigenvalue weighted by Gasteiger charge is 2.32. The first-order chi connectivity index (χ1) is 7.49. The van der Waals surface area contributed by atoms with Crippen molar-refractivity contribution < 1.29 is 24.5 Å². The third-order valence-electron chi connectivity index (χ3n) is 2.48. The Morgan fingerprint density at radius 1 is 1.56 bits per heavy atom. The van der Waals surface area contributed by atoms with E-state index in [1.807, 2.05) is 0 Å². The van der Waals surface area contributed by atoms with Gasteiger partial charge in [0.15, 0.2) is 0 Å². The van der Waals surface area contributed by atoms with Crippen molar-refractivity contribution >= 4 is 12.1 Å². The Bertz CT molecular complexity index is 336. The summed E-state index contributed by atoms with van der Waals surface area (Å²) in [7, 11) is 0. The number of nitrogens with zero attached hydrogens (tertiary/aromatic N) is 1. The minimum atomic E-state index is -1.13. The van der Waals surface area contributed by atoms with Crippen molar-refractivity contribution in [2.75, 3.05) is 13.2 Å². The van der Waals surface area contributed by atoms with Crippen molar-refractivity contribution in [1.82, 2.24) is 4.90 Å². The second-order valence-corrected chi connectivity index (χ2v) is 3.46. The minimum absolute atomic E-state index is 0.0375. The number of carboxylic acid groups (broad SMARTS) is 1. The van der Waals surface area contributed by atoms with Gasteiger partial charge in [0.2, 0.25) is 0 Å². The van der Waals surface area contributed by atoms with Crippen molar-refractivity contribution in [1.29, 1.82) is 0 Å². The number of allylic oxidation sites excluding steroid dienone is 1. The summed E-state index contributed by atoms with van der Waals surface area (Å²) in [5.74, 6) is -0.654. The maximum absolute atomic E-state index is 11.5. The predicted molar refractivity (Wildman–Crippen MR) is 54.7 cm³/mol. The molecule has 2 N–H and O–H groups in total. The molecule has 6 heteroatoms. The van der Waals surface area contributed by atoms with Gasteiger partial charge in [-0.15, -0.1) is 0 Å². The van der Waals surface area contributed by atoms with Crippen LogP contribution < -0.4 is 0 Å². The zero-order chi connectivity index (χ0) is 12.3. The second-order valence-electron chi connectivity index (χ2n) is 3.46. The highest BCUT2D eigenvalue weighted by Crippen LogP contribution is 2.23.